The van der Waals surface area contributed by atoms with Crippen LogP contribution in [0.15, 0.2) is 42.5 Å². The van der Waals surface area contributed by atoms with E-state index in [2.05, 4.69) is 61.2 Å². The molecule has 0 heterocycles. The van der Waals surface area contributed by atoms with Gasteiger partial charge in [-0.3, -0.25) is 0 Å². The Morgan fingerprint density at radius 1 is 1.06 bits per heavy atom. The minimum Gasteiger partial charge on any atom is -0.342 e. The van der Waals surface area contributed by atoms with Gasteiger partial charge >= 0.3 is 0 Å². The van der Waals surface area contributed by atoms with E-state index in [0.717, 1.165) is 17.7 Å². The van der Waals surface area contributed by atoms with Gasteiger partial charge in [0.25, 0.3) is 0 Å². The summed E-state index contributed by atoms with van der Waals surface area (Å²) in [5.74, 6) is 0. The average Bonchev–Trinajstić information content (AvgIpc) is 2.42. The summed E-state index contributed by atoms with van der Waals surface area (Å²) in [7, 11) is 0. The Bertz CT molecular complexity index is 486. The van der Waals surface area contributed by atoms with E-state index in [4.69, 9.17) is 5.73 Å². The third kappa shape index (κ3) is 2.71. The monoisotopic (exact) mass is 239 g/mol. The summed E-state index contributed by atoms with van der Waals surface area (Å²) in [6.45, 7) is 5.72. The maximum absolute atomic E-state index is 5.62. The molecule has 0 saturated heterocycles. The molecule has 2 aromatic carbocycles. The van der Waals surface area contributed by atoms with Crippen LogP contribution < -0.4 is 10.6 Å². The van der Waals surface area contributed by atoms with Crippen LogP contribution in [0.5, 0.6) is 0 Å². The number of benzene rings is 2. The molecule has 0 amide bonds. The summed E-state index contributed by atoms with van der Waals surface area (Å²) < 4.78 is 0. The molecule has 18 heavy (non-hydrogen) atoms. The van der Waals surface area contributed by atoms with Gasteiger partial charge in [0, 0.05) is 24.5 Å². The first-order chi connectivity index (χ1) is 8.74. The standard InChI is InChI=1S/C16H19N2/c1-3-18(15-8-4-13(2)5-9-15)16-10-6-14(12-17)7-11-16/h4,6-11H,3,12,17H2,1-2H3. The molecule has 0 aliphatic heterocycles. The second-order valence-corrected chi connectivity index (χ2v) is 4.34. The zero-order chi connectivity index (χ0) is 13.0. The Kier molecular flexibility index (Phi) is 4.00. The summed E-state index contributed by atoms with van der Waals surface area (Å²) in [5.41, 5.74) is 10.3. The normalized spacial score (nSPS) is 10.4. The van der Waals surface area contributed by atoms with E-state index in [-0.39, 0.29) is 0 Å². The fourth-order valence-corrected chi connectivity index (χ4v) is 1.99. The molecule has 0 aliphatic carbocycles. The highest BCUT2D eigenvalue weighted by molar-refractivity contribution is 5.63. The van der Waals surface area contributed by atoms with Crippen molar-refractivity contribution in [2.24, 2.45) is 5.73 Å². The van der Waals surface area contributed by atoms with E-state index in [0.29, 0.717) is 6.54 Å². The first kappa shape index (κ1) is 12.7. The van der Waals surface area contributed by atoms with E-state index in [1.54, 1.807) is 0 Å². The lowest BCUT2D eigenvalue weighted by molar-refractivity contribution is 1.02. The van der Waals surface area contributed by atoms with Gasteiger partial charge < -0.3 is 10.6 Å². The number of nitrogens with two attached hydrogens (primary N) is 1. The van der Waals surface area contributed by atoms with Gasteiger partial charge in [0.1, 0.15) is 0 Å². The van der Waals surface area contributed by atoms with Crippen molar-refractivity contribution in [2.75, 3.05) is 11.4 Å². The Hall–Kier alpha value is -1.80. The van der Waals surface area contributed by atoms with Crippen LogP contribution in [0.4, 0.5) is 11.4 Å². The fraction of sp³-hybridized carbons (Fsp3) is 0.250. The molecule has 2 heteroatoms. The van der Waals surface area contributed by atoms with Gasteiger partial charge in [-0.25, -0.2) is 0 Å². The highest BCUT2D eigenvalue weighted by Gasteiger charge is 2.06. The predicted octanol–water partition coefficient (Wildman–Crippen LogP) is 3.41. The van der Waals surface area contributed by atoms with Crippen molar-refractivity contribution in [3.05, 3.63) is 59.7 Å². The van der Waals surface area contributed by atoms with Gasteiger partial charge in [0.05, 0.1) is 0 Å². The molecular formula is C16H19N2. The van der Waals surface area contributed by atoms with Crippen LogP contribution in [0.2, 0.25) is 0 Å². The average molecular weight is 239 g/mol. The summed E-state index contributed by atoms with van der Waals surface area (Å²) in [4.78, 5) is 2.26. The zero-order valence-corrected chi connectivity index (χ0v) is 11.0. The van der Waals surface area contributed by atoms with Crippen molar-refractivity contribution in [3.8, 4) is 0 Å². The molecule has 2 rings (SSSR count). The van der Waals surface area contributed by atoms with Crippen LogP contribution in [-0.4, -0.2) is 6.54 Å². The highest BCUT2D eigenvalue weighted by Crippen LogP contribution is 2.25. The summed E-state index contributed by atoms with van der Waals surface area (Å²) in [5, 5.41) is 0. The van der Waals surface area contributed by atoms with Crippen LogP contribution in [-0.2, 0) is 6.54 Å². The van der Waals surface area contributed by atoms with Crippen molar-refractivity contribution in [3.63, 3.8) is 0 Å². The van der Waals surface area contributed by atoms with Gasteiger partial charge in [0.15, 0.2) is 0 Å². The van der Waals surface area contributed by atoms with E-state index in [1.165, 1.54) is 11.4 Å². The van der Waals surface area contributed by atoms with Crippen molar-refractivity contribution in [1.29, 1.82) is 0 Å². The first-order valence-electron chi connectivity index (χ1n) is 6.29. The fourth-order valence-electron chi connectivity index (χ4n) is 1.99. The van der Waals surface area contributed by atoms with Crippen LogP contribution >= 0.6 is 0 Å². The van der Waals surface area contributed by atoms with E-state index < -0.39 is 0 Å². The third-order valence-electron chi connectivity index (χ3n) is 3.06. The molecule has 1 radical (unpaired) electrons. The lowest BCUT2D eigenvalue weighted by Crippen LogP contribution is -2.15. The highest BCUT2D eigenvalue weighted by atomic mass is 15.1. The predicted molar refractivity (Wildman–Crippen MR) is 77.0 cm³/mol. The molecule has 0 fully saturated rings. The summed E-state index contributed by atoms with van der Waals surface area (Å²) in [6.07, 6.45) is 0. The second-order valence-electron chi connectivity index (χ2n) is 4.34. The lowest BCUT2D eigenvalue weighted by atomic mass is 10.1. The van der Waals surface area contributed by atoms with Crippen LogP contribution in [0.3, 0.4) is 0 Å². The topological polar surface area (TPSA) is 29.3 Å². The molecule has 2 N–H and O–H groups in total. The Labute approximate surface area is 109 Å². The Morgan fingerprint density at radius 2 is 1.72 bits per heavy atom. The number of rotatable bonds is 4. The SMILES string of the molecule is CCN(c1c[c]c(C)cc1)c1ccc(CN)cc1. The van der Waals surface area contributed by atoms with Gasteiger partial charge in [0.2, 0.25) is 0 Å². The van der Waals surface area contributed by atoms with Gasteiger partial charge in [-0.1, -0.05) is 18.2 Å². The quantitative estimate of drug-likeness (QED) is 0.886. The van der Waals surface area contributed by atoms with E-state index in [9.17, 15) is 0 Å². The maximum atomic E-state index is 5.62. The van der Waals surface area contributed by atoms with Crippen molar-refractivity contribution in [2.45, 2.75) is 20.4 Å². The lowest BCUT2D eigenvalue weighted by Gasteiger charge is -2.23. The Morgan fingerprint density at radius 3 is 2.22 bits per heavy atom. The van der Waals surface area contributed by atoms with Crippen LogP contribution in [0, 0.1) is 13.0 Å². The number of nitrogens with zero attached hydrogens (tertiary/aromatic N) is 1. The van der Waals surface area contributed by atoms with E-state index >= 15 is 0 Å². The van der Waals surface area contributed by atoms with Crippen LogP contribution in [0.25, 0.3) is 0 Å². The van der Waals surface area contributed by atoms with Crippen molar-refractivity contribution < 1.29 is 0 Å². The molecule has 0 atom stereocenters. The molecular weight excluding hydrogens is 220 g/mol. The molecule has 0 unspecified atom stereocenters. The second kappa shape index (κ2) is 5.69. The summed E-state index contributed by atoms with van der Waals surface area (Å²) >= 11 is 0. The van der Waals surface area contributed by atoms with E-state index in [1.807, 2.05) is 6.07 Å². The molecule has 0 aliphatic rings. The van der Waals surface area contributed by atoms with Crippen LogP contribution in [0.1, 0.15) is 18.1 Å². The first-order valence-corrected chi connectivity index (χ1v) is 6.29. The number of hydrogen-bond acceptors (Lipinski definition) is 2. The molecule has 0 bridgehead atoms. The third-order valence-corrected chi connectivity index (χ3v) is 3.06. The number of hydrogen-bond donors (Lipinski definition) is 1. The molecule has 2 aromatic rings. The maximum Gasteiger partial charge on any atom is 0.0417 e. The smallest absolute Gasteiger partial charge is 0.0417 e. The number of aryl methyl sites for hydroxylation is 1. The molecule has 93 valence electrons. The minimum absolute atomic E-state index is 0.588. The number of anilines is 2. The zero-order valence-electron chi connectivity index (χ0n) is 11.0. The molecule has 0 aromatic heterocycles. The molecule has 2 nitrogen and oxygen atoms in total. The van der Waals surface area contributed by atoms with Gasteiger partial charge in [-0.2, -0.15) is 0 Å². The Balaban J connectivity index is 2.29. The summed E-state index contributed by atoms with van der Waals surface area (Å²) in [6, 6.07) is 17.9. The minimum atomic E-state index is 0.588. The largest absolute Gasteiger partial charge is 0.342 e. The van der Waals surface area contributed by atoms with Gasteiger partial charge in [-0.05, 0) is 55.3 Å². The van der Waals surface area contributed by atoms with Crippen molar-refractivity contribution >= 4 is 11.4 Å². The van der Waals surface area contributed by atoms with Crippen molar-refractivity contribution in [1.82, 2.24) is 0 Å². The molecule has 0 spiro atoms. The molecule has 0 saturated carbocycles. The van der Waals surface area contributed by atoms with Gasteiger partial charge in [-0.15, -0.1) is 0 Å².